The SMILES string of the molecule is CC(=O)Nc1ccc(Cl)cc1NC(=O)C1COc2ccccc2O1. The summed E-state index contributed by atoms with van der Waals surface area (Å²) < 4.78 is 11.2. The molecule has 1 aliphatic heterocycles. The molecule has 1 atom stereocenters. The van der Waals surface area contributed by atoms with Gasteiger partial charge >= 0.3 is 0 Å². The maximum atomic E-state index is 12.5. The highest BCUT2D eigenvalue weighted by Gasteiger charge is 2.27. The summed E-state index contributed by atoms with van der Waals surface area (Å²) in [6.07, 6.45) is -0.802. The Morgan fingerprint density at radius 1 is 1.08 bits per heavy atom. The molecule has 0 aromatic heterocycles. The number of amides is 2. The molecule has 0 bridgehead atoms. The first kappa shape index (κ1) is 16.1. The van der Waals surface area contributed by atoms with Crippen LogP contribution in [0.2, 0.25) is 5.02 Å². The van der Waals surface area contributed by atoms with Crippen LogP contribution in [0.25, 0.3) is 0 Å². The van der Waals surface area contributed by atoms with Gasteiger partial charge in [-0.1, -0.05) is 23.7 Å². The van der Waals surface area contributed by atoms with E-state index in [1.54, 1.807) is 36.4 Å². The highest BCUT2D eigenvalue weighted by molar-refractivity contribution is 6.31. The van der Waals surface area contributed by atoms with Crippen molar-refractivity contribution in [1.82, 2.24) is 0 Å². The van der Waals surface area contributed by atoms with Crippen LogP contribution in [0.3, 0.4) is 0 Å². The van der Waals surface area contributed by atoms with Crippen LogP contribution < -0.4 is 20.1 Å². The molecule has 1 heterocycles. The number of nitrogens with one attached hydrogen (secondary N) is 2. The molecule has 2 aromatic carbocycles. The second-order valence-electron chi connectivity index (χ2n) is 5.22. The molecule has 124 valence electrons. The summed E-state index contributed by atoms with van der Waals surface area (Å²) in [4.78, 5) is 23.7. The van der Waals surface area contributed by atoms with Gasteiger partial charge in [-0.05, 0) is 30.3 Å². The van der Waals surface area contributed by atoms with E-state index in [2.05, 4.69) is 10.6 Å². The fourth-order valence-electron chi connectivity index (χ4n) is 2.28. The van der Waals surface area contributed by atoms with E-state index in [9.17, 15) is 9.59 Å². The summed E-state index contributed by atoms with van der Waals surface area (Å²) in [6.45, 7) is 1.48. The maximum Gasteiger partial charge on any atom is 0.269 e. The van der Waals surface area contributed by atoms with Gasteiger partial charge in [-0.3, -0.25) is 9.59 Å². The van der Waals surface area contributed by atoms with Crippen molar-refractivity contribution in [2.24, 2.45) is 0 Å². The molecule has 0 aliphatic carbocycles. The lowest BCUT2D eigenvalue weighted by atomic mass is 10.2. The second-order valence-corrected chi connectivity index (χ2v) is 5.66. The van der Waals surface area contributed by atoms with Crippen molar-refractivity contribution in [2.45, 2.75) is 13.0 Å². The van der Waals surface area contributed by atoms with Gasteiger partial charge in [-0.2, -0.15) is 0 Å². The minimum absolute atomic E-state index is 0.0961. The Morgan fingerprint density at radius 3 is 2.58 bits per heavy atom. The van der Waals surface area contributed by atoms with E-state index in [1.807, 2.05) is 6.07 Å². The molecule has 2 amide bonds. The van der Waals surface area contributed by atoms with Gasteiger partial charge in [0.1, 0.15) is 6.61 Å². The number of hydrogen-bond acceptors (Lipinski definition) is 4. The molecule has 3 rings (SSSR count). The summed E-state index contributed by atoms with van der Waals surface area (Å²) in [5.41, 5.74) is 0.850. The predicted molar refractivity (Wildman–Crippen MR) is 90.7 cm³/mol. The molecule has 0 spiro atoms. The summed E-state index contributed by atoms with van der Waals surface area (Å²) in [7, 11) is 0. The Labute approximate surface area is 143 Å². The van der Waals surface area contributed by atoms with Crippen LogP contribution in [0.15, 0.2) is 42.5 Å². The van der Waals surface area contributed by atoms with Gasteiger partial charge < -0.3 is 20.1 Å². The Kier molecular flexibility index (Phi) is 4.57. The van der Waals surface area contributed by atoms with E-state index >= 15 is 0 Å². The zero-order chi connectivity index (χ0) is 17.1. The molecule has 1 aliphatic rings. The van der Waals surface area contributed by atoms with E-state index in [-0.39, 0.29) is 12.5 Å². The summed E-state index contributed by atoms with van der Waals surface area (Å²) >= 11 is 5.97. The zero-order valence-corrected chi connectivity index (χ0v) is 13.6. The quantitative estimate of drug-likeness (QED) is 0.895. The van der Waals surface area contributed by atoms with Crippen LogP contribution in [-0.2, 0) is 9.59 Å². The fourth-order valence-corrected chi connectivity index (χ4v) is 2.45. The number of fused-ring (bicyclic) bond motifs is 1. The number of halogens is 1. The van der Waals surface area contributed by atoms with Crippen LogP contribution in [0, 0.1) is 0 Å². The Balaban J connectivity index is 1.76. The van der Waals surface area contributed by atoms with E-state index in [0.29, 0.717) is 27.9 Å². The number of anilines is 2. The molecule has 0 saturated heterocycles. The summed E-state index contributed by atoms with van der Waals surface area (Å²) in [5, 5.41) is 5.79. The highest BCUT2D eigenvalue weighted by Crippen LogP contribution is 2.32. The lowest BCUT2D eigenvalue weighted by molar-refractivity contribution is -0.125. The lowest BCUT2D eigenvalue weighted by Gasteiger charge is -2.25. The Hall–Kier alpha value is -2.73. The standard InChI is InChI=1S/C17H15ClN2O4/c1-10(21)19-12-7-6-11(18)8-13(12)20-17(22)16-9-23-14-4-2-3-5-15(14)24-16/h2-8,16H,9H2,1H3,(H,19,21)(H,20,22). The van der Waals surface area contributed by atoms with E-state index in [4.69, 9.17) is 21.1 Å². The first-order valence-corrected chi connectivity index (χ1v) is 7.67. The van der Waals surface area contributed by atoms with Crippen LogP contribution in [0.4, 0.5) is 11.4 Å². The van der Waals surface area contributed by atoms with E-state index < -0.39 is 12.0 Å². The highest BCUT2D eigenvalue weighted by atomic mass is 35.5. The van der Waals surface area contributed by atoms with Crippen molar-refractivity contribution in [3.05, 3.63) is 47.5 Å². The van der Waals surface area contributed by atoms with Crippen LogP contribution in [0.5, 0.6) is 11.5 Å². The van der Waals surface area contributed by atoms with Gasteiger partial charge in [-0.15, -0.1) is 0 Å². The summed E-state index contributed by atoms with van der Waals surface area (Å²) in [6, 6.07) is 11.9. The number of para-hydroxylation sites is 2. The molecule has 0 saturated carbocycles. The van der Waals surface area contributed by atoms with Gasteiger partial charge in [0.25, 0.3) is 5.91 Å². The third kappa shape index (κ3) is 3.60. The molecule has 0 radical (unpaired) electrons. The fraction of sp³-hybridized carbons (Fsp3) is 0.176. The van der Waals surface area contributed by atoms with Gasteiger partial charge in [0, 0.05) is 11.9 Å². The van der Waals surface area contributed by atoms with Crippen molar-refractivity contribution < 1.29 is 19.1 Å². The molecular weight excluding hydrogens is 332 g/mol. The third-order valence-corrected chi connectivity index (χ3v) is 3.59. The average Bonchev–Trinajstić information content (AvgIpc) is 2.56. The van der Waals surface area contributed by atoms with E-state index in [0.717, 1.165) is 0 Å². The maximum absolute atomic E-state index is 12.5. The minimum atomic E-state index is -0.802. The molecule has 0 fully saturated rings. The number of ether oxygens (including phenoxy) is 2. The van der Waals surface area contributed by atoms with Crippen molar-refractivity contribution in [1.29, 1.82) is 0 Å². The molecule has 2 N–H and O–H groups in total. The van der Waals surface area contributed by atoms with Crippen molar-refractivity contribution in [3.63, 3.8) is 0 Å². The molecule has 2 aromatic rings. The monoisotopic (exact) mass is 346 g/mol. The molecular formula is C17H15ClN2O4. The number of benzene rings is 2. The van der Waals surface area contributed by atoms with Crippen LogP contribution >= 0.6 is 11.6 Å². The van der Waals surface area contributed by atoms with Crippen molar-refractivity contribution >= 4 is 34.8 Å². The molecule has 7 heteroatoms. The smallest absolute Gasteiger partial charge is 0.269 e. The first-order chi connectivity index (χ1) is 11.5. The molecule has 1 unspecified atom stereocenters. The Morgan fingerprint density at radius 2 is 1.83 bits per heavy atom. The average molecular weight is 347 g/mol. The second kappa shape index (κ2) is 6.80. The number of carbonyl (C=O) groups excluding carboxylic acids is 2. The van der Waals surface area contributed by atoms with Crippen molar-refractivity contribution in [3.8, 4) is 11.5 Å². The first-order valence-electron chi connectivity index (χ1n) is 7.29. The lowest BCUT2D eigenvalue weighted by Crippen LogP contribution is -2.40. The zero-order valence-electron chi connectivity index (χ0n) is 12.8. The number of rotatable bonds is 3. The predicted octanol–water partition coefficient (Wildman–Crippen LogP) is 3.08. The molecule has 24 heavy (non-hydrogen) atoms. The third-order valence-electron chi connectivity index (χ3n) is 3.35. The van der Waals surface area contributed by atoms with Gasteiger partial charge in [-0.25, -0.2) is 0 Å². The summed E-state index contributed by atoms with van der Waals surface area (Å²) in [5.74, 6) is 0.470. The van der Waals surface area contributed by atoms with Gasteiger partial charge in [0.05, 0.1) is 11.4 Å². The largest absolute Gasteiger partial charge is 0.485 e. The normalized spacial score (nSPS) is 15.5. The van der Waals surface area contributed by atoms with Gasteiger partial charge in [0.2, 0.25) is 12.0 Å². The van der Waals surface area contributed by atoms with E-state index in [1.165, 1.54) is 6.92 Å². The molecule has 6 nitrogen and oxygen atoms in total. The Bertz CT molecular complexity index is 794. The van der Waals surface area contributed by atoms with Crippen LogP contribution in [0.1, 0.15) is 6.92 Å². The van der Waals surface area contributed by atoms with Crippen molar-refractivity contribution in [2.75, 3.05) is 17.2 Å². The minimum Gasteiger partial charge on any atom is -0.485 e. The topological polar surface area (TPSA) is 76.7 Å². The van der Waals surface area contributed by atoms with Crippen LogP contribution in [-0.4, -0.2) is 24.5 Å². The number of carbonyl (C=O) groups is 2. The van der Waals surface area contributed by atoms with Gasteiger partial charge in [0.15, 0.2) is 11.5 Å². The number of hydrogen-bond donors (Lipinski definition) is 2.